The van der Waals surface area contributed by atoms with Gasteiger partial charge >= 0.3 is 0 Å². The zero-order valence-corrected chi connectivity index (χ0v) is 12.3. The molecule has 0 radical (unpaired) electrons. The number of hydrogen-bond acceptors (Lipinski definition) is 7. The van der Waals surface area contributed by atoms with Crippen LogP contribution in [0.5, 0.6) is 0 Å². The molecule has 2 amide bonds. The summed E-state index contributed by atoms with van der Waals surface area (Å²) in [5.41, 5.74) is -3.92. The maximum absolute atomic E-state index is 12.4. The van der Waals surface area contributed by atoms with Crippen LogP contribution >= 0.6 is 12.6 Å². The van der Waals surface area contributed by atoms with Gasteiger partial charge in [-0.05, 0) is 18.9 Å². The highest BCUT2D eigenvalue weighted by Gasteiger charge is 2.62. The molecule has 3 aliphatic heterocycles. The van der Waals surface area contributed by atoms with Crippen molar-refractivity contribution in [2.24, 2.45) is 0 Å². The molecule has 4 atom stereocenters. The van der Waals surface area contributed by atoms with E-state index >= 15 is 0 Å². The third-order valence-corrected chi connectivity index (χ3v) is 4.43. The summed E-state index contributed by atoms with van der Waals surface area (Å²) >= 11 is 4.16. The lowest BCUT2D eigenvalue weighted by atomic mass is 9.86. The first kappa shape index (κ1) is 16.2. The third kappa shape index (κ3) is 2.25. The van der Waals surface area contributed by atoms with Crippen molar-refractivity contribution in [3.05, 3.63) is 12.2 Å². The van der Waals surface area contributed by atoms with Gasteiger partial charge in [0.05, 0.1) is 13.2 Å². The summed E-state index contributed by atoms with van der Waals surface area (Å²) in [5.74, 6) is -1.61. The number of piperazine rings is 1. The highest BCUT2D eigenvalue weighted by molar-refractivity contribution is 7.83. The molecule has 118 valence electrons. The maximum Gasteiger partial charge on any atom is 0.278 e. The Morgan fingerprint density at radius 1 is 1.48 bits per heavy atom. The predicted molar refractivity (Wildman–Crippen MR) is 74.2 cm³/mol. The van der Waals surface area contributed by atoms with Gasteiger partial charge in [-0.25, -0.2) is 0 Å². The van der Waals surface area contributed by atoms with Gasteiger partial charge in [0.15, 0.2) is 4.87 Å². The Kier molecular flexibility index (Phi) is 3.83. The smallest absolute Gasteiger partial charge is 0.278 e. The number of fused-ring (bicyclic) bond motifs is 5. The van der Waals surface area contributed by atoms with Crippen LogP contribution in [0.2, 0.25) is 0 Å². The van der Waals surface area contributed by atoms with Gasteiger partial charge in [-0.15, -0.1) is 12.6 Å². The van der Waals surface area contributed by atoms with E-state index in [2.05, 4.69) is 29.8 Å². The molecule has 2 bridgehead atoms. The summed E-state index contributed by atoms with van der Waals surface area (Å²) in [6, 6.07) is 0. The molecule has 5 N–H and O–H groups in total. The molecule has 0 spiro atoms. The van der Waals surface area contributed by atoms with E-state index < -0.39 is 40.7 Å². The van der Waals surface area contributed by atoms with Gasteiger partial charge < -0.3 is 30.7 Å². The largest absolute Gasteiger partial charge is 0.393 e. The fraction of sp³-hybridized carbons (Fsp3) is 0.667. The molecule has 3 rings (SSSR count). The first-order valence-electron chi connectivity index (χ1n) is 6.31. The van der Waals surface area contributed by atoms with Crippen LogP contribution in [0, 0.1) is 0 Å². The van der Waals surface area contributed by atoms with Crippen molar-refractivity contribution in [2.45, 2.75) is 35.6 Å². The molecule has 3 aliphatic rings. The second kappa shape index (κ2) is 4.96. The molecule has 0 aromatic carbocycles. The van der Waals surface area contributed by atoms with Crippen LogP contribution in [0.4, 0.5) is 0 Å². The van der Waals surface area contributed by atoms with Crippen LogP contribution in [0.3, 0.4) is 0 Å². The quantitative estimate of drug-likeness (QED) is 0.255. The fourth-order valence-corrected chi connectivity index (χ4v) is 2.56. The van der Waals surface area contributed by atoms with Gasteiger partial charge in [-0.1, -0.05) is 6.58 Å². The topological polar surface area (TPSA) is 128 Å². The lowest BCUT2D eigenvalue weighted by molar-refractivity contribution is -0.221. The molecule has 3 heterocycles. The number of thiol groups is 1. The molecule has 3 saturated heterocycles. The number of ether oxygens (including phenoxy) is 1. The molecule has 8 nitrogen and oxygen atoms in total. The monoisotopic (exact) mass is 318 g/mol. The van der Waals surface area contributed by atoms with Crippen molar-refractivity contribution in [2.75, 3.05) is 13.2 Å². The average Bonchev–Trinajstić information content (AvgIpc) is 2.42. The summed E-state index contributed by atoms with van der Waals surface area (Å²) in [5, 5.41) is 34.0. The van der Waals surface area contributed by atoms with E-state index in [1.165, 1.54) is 0 Å². The zero-order chi connectivity index (χ0) is 16.1. The van der Waals surface area contributed by atoms with Crippen molar-refractivity contribution in [3.63, 3.8) is 0 Å². The lowest BCUT2D eigenvalue weighted by Crippen LogP contribution is -2.81. The zero-order valence-electron chi connectivity index (χ0n) is 11.4. The van der Waals surface area contributed by atoms with Gasteiger partial charge in [0.2, 0.25) is 0 Å². The fourth-order valence-electron chi connectivity index (χ4n) is 2.29. The molecule has 0 aromatic rings. The minimum Gasteiger partial charge on any atom is -0.393 e. The number of carbonyl (C=O) groups excluding carboxylic acids is 2. The molecule has 21 heavy (non-hydrogen) atoms. The second-order valence-electron chi connectivity index (χ2n) is 5.47. The maximum atomic E-state index is 12.4. The van der Waals surface area contributed by atoms with Gasteiger partial charge in [0.1, 0.15) is 11.7 Å². The number of aliphatic hydroxyl groups is 3. The number of nitrogens with one attached hydrogen (secondary N) is 2. The third-order valence-electron chi connectivity index (χ3n) is 3.80. The molecule has 9 heteroatoms. The Morgan fingerprint density at radius 3 is 2.67 bits per heavy atom. The average molecular weight is 318 g/mol. The number of aliphatic hydroxyl groups excluding tert-OH is 2. The predicted octanol–water partition coefficient (Wildman–Crippen LogP) is -2.36. The van der Waals surface area contributed by atoms with E-state index in [9.17, 15) is 19.8 Å². The van der Waals surface area contributed by atoms with E-state index in [0.717, 1.165) is 6.92 Å². The van der Waals surface area contributed by atoms with Gasteiger partial charge in [0.25, 0.3) is 17.5 Å². The van der Waals surface area contributed by atoms with Crippen LogP contribution in [-0.2, 0) is 14.3 Å². The molecular formula is C12H18N2O6S. The summed E-state index contributed by atoms with van der Waals surface area (Å²) in [6.45, 7) is 3.97. The van der Waals surface area contributed by atoms with Crippen LogP contribution in [0.25, 0.3) is 0 Å². The minimum atomic E-state index is -2.20. The van der Waals surface area contributed by atoms with Gasteiger partial charge in [-0.3, -0.25) is 9.59 Å². The SMILES string of the molecule is C=C1CCO[C@]2([C@@H](O)[C@@](C)(O)CO)NC(=O)[C@@]1(S)NC2=O. The summed E-state index contributed by atoms with van der Waals surface area (Å²) in [6.07, 6.45) is -1.66. The summed E-state index contributed by atoms with van der Waals surface area (Å²) < 4.78 is 5.35. The van der Waals surface area contributed by atoms with Crippen molar-refractivity contribution < 1.29 is 29.6 Å². The van der Waals surface area contributed by atoms with Gasteiger partial charge in [0, 0.05) is 0 Å². The number of amides is 2. The van der Waals surface area contributed by atoms with Gasteiger partial charge in [-0.2, -0.15) is 0 Å². The van der Waals surface area contributed by atoms with Crippen LogP contribution in [-0.4, -0.2) is 62.6 Å². The van der Waals surface area contributed by atoms with Crippen molar-refractivity contribution in [1.29, 1.82) is 0 Å². The molecule has 0 aromatic heterocycles. The standard InChI is InChI=1S/C12H18N2O6S/c1-6-3-4-20-11(7(16)10(2,19)5-15)8(17)14-12(6,21)9(18)13-11/h7,15-16,19,21H,1,3-5H2,2H3,(H,13,18)(H,14,17)/t7-,10-,11-,12+/m0/s1. The second-order valence-corrected chi connectivity index (χ2v) is 6.14. The van der Waals surface area contributed by atoms with Crippen LogP contribution in [0.1, 0.15) is 13.3 Å². The van der Waals surface area contributed by atoms with Crippen molar-refractivity contribution in [3.8, 4) is 0 Å². The Balaban J connectivity index is 2.47. The van der Waals surface area contributed by atoms with E-state index in [4.69, 9.17) is 9.84 Å². The summed E-state index contributed by atoms with van der Waals surface area (Å²) in [7, 11) is 0. The molecule has 0 saturated carbocycles. The molecule has 3 fully saturated rings. The Bertz CT molecular complexity index is 510. The van der Waals surface area contributed by atoms with Crippen molar-refractivity contribution in [1.82, 2.24) is 10.6 Å². The Morgan fingerprint density at radius 2 is 2.10 bits per heavy atom. The molecule has 0 aliphatic carbocycles. The summed E-state index contributed by atoms with van der Waals surface area (Å²) in [4.78, 5) is 23.0. The molecule has 0 unspecified atom stereocenters. The number of rotatable bonds is 3. The van der Waals surface area contributed by atoms with E-state index in [0.29, 0.717) is 5.57 Å². The lowest BCUT2D eigenvalue weighted by Gasteiger charge is -2.50. The molecular weight excluding hydrogens is 300 g/mol. The highest BCUT2D eigenvalue weighted by Crippen LogP contribution is 2.35. The van der Waals surface area contributed by atoms with Crippen LogP contribution < -0.4 is 10.6 Å². The van der Waals surface area contributed by atoms with Crippen molar-refractivity contribution >= 4 is 24.4 Å². The minimum absolute atomic E-state index is 0.0204. The normalized spacial score (nSPS) is 37.1. The first-order valence-corrected chi connectivity index (χ1v) is 6.76. The van der Waals surface area contributed by atoms with E-state index in [1.54, 1.807) is 0 Å². The van der Waals surface area contributed by atoms with Crippen LogP contribution in [0.15, 0.2) is 12.2 Å². The Labute approximate surface area is 126 Å². The Hall–Kier alpha value is -1.13. The van der Waals surface area contributed by atoms with E-state index in [-0.39, 0.29) is 13.0 Å². The highest BCUT2D eigenvalue weighted by atomic mass is 32.1. The number of hydrogen-bond donors (Lipinski definition) is 6. The first-order chi connectivity index (χ1) is 9.60. The van der Waals surface area contributed by atoms with E-state index in [1.807, 2.05) is 0 Å². The number of carbonyl (C=O) groups is 2.